The van der Waals surface area contributed by atoms with Gasteiger partial charge in [0.15, 0.2) is 0 Å². The number of amides is 1. The van der Waals surface area contributed by atoms with Gasteiger partial charge in [-0.25, -0.2) is 0 Å². The van der Waals surface area contributed by atoms with E-state index in [0.29, 0.717) is 47.9 Å². The number of anilines is 2. The Labute approximate surface area is 212 Å². The van der Waals surface area contributed by atoms with Crippen LogP contribution in [-0.2, 0) is 17.8 Å². The first-order valence-corrected chi connectivity index (χ1v) is 11.7. The number of methoxy groups -OCH3 is 2. The Morgan fingerprint density at radius 1 is 1.03 bits per heavy atom. The van der Waals surface area contributed by atoms with E-state index in [-0.39, 0.29) is 5.91 Å². The van der Waals surface area contributed by atoms with Crippen molar-refractivity contribution in [3.8, 4) is 17.2 Å². The van der Waals surface area contributed by atoms with E-state index in [1.54, 1.807) is 58.4 Å². The number of ether oxygens (including phenoxy) is 3. The first-order valence-electron chi connectivity index (χ1n) is 11.7. The Kier molecular flexibility index (Phi) is 8.97. The number of rotatable bonds is 11. The van der Waals surface area contributed by atoms with Crippen molar-refractivity contribution in [2.75, 3.05) is 25.3 Å². The Morgan fingerprint density at radius 2 is 1.75 bits per heavy atom. The van der Waals surface area contributed by atoms with Crippen molar-refractivity contribution in [3.63, 3.8) is 0 Å². The van der Waals surface area contributed by atoms with Crippen LogP contribution in [0.5, 0.6) is 17.2 Å². The Bertz CT molecular complexity index is 1200. The number of para-hydroxylation sites is 2. The smallest absolute Gasteiger partial charge is 0.248 e. The maximum Gasteiger partial charge on any atom is 0.248 e. The molecular formula is C29H34N2O5. The highest BCUT2D eigenvalue weighted by Crippen LogP contribution is 2.36. The zero-order valence-electron chi connectivity index (χ0n) is 21.2. The third-order valence-electron chi connectivity index (χ3n) is 5.63. The molecule has 0 atom stereocenters. The van der Waals surface area contributed by atoms with Crippen LogP contribution in [0.3, 0.4) is 0 Å². The molecule has 0 saturated heterocycles. The molecule has 3 aromatic carbocycles. The minimum absolute atomic E-state index is 0.306. The number of nitrogen functional groups attached to an aromatic ring is 1. The minimum Gasteiger partial charge on any atom is -0.497 e. The number of hydrogen-bond acceptors (Lipinski definition) is 6. The van der Waals surface area contributed by atoms with Gasteiger partial charge in [-0.1, -0.05) is 24.3 Å². The van der Waals surface area contributed by atoms with Crippen LogP contribution in [0.15, 0.2) is 66.7 Å². The van der Waals surface area contributed by atoms with Crippen molar-refractivity contribution >= 4 is 23.4 Å². The molecule has 36 heavy (non-hydrogen) atoms. The normalized spacial score (nSPS) is 11.4. The Morgan fingerprint density at radius 3 is 2.39 bits per heavy atom. The lowest BCUT2D eigenvalue weighted by molar-refractivity contribution is -0.111. The van der Waals surface area contributed by atoms with E-state index in [2.05, 4.69) is 5.32 Å². The van der Waals surface area contributed by atoms with Crippen LogP contribution in [0.25, 0.3) is 6.08 Å². The van der Waals surface area contributed by atoms with Gasteiger partial charge >= 0.3 is 0 Å². The summed E-state index contributed by atoms with van der Waals surface area (Å²) in [6.45, 7) is 3.84. The average Bonchev–Trinajstić information content (AvgIpc) is 2.86. The van der Waals surface area contributed by atoms with Gasteiger partial charge in [-0.15, -0.1) is 0 Å². The first-order chi connectivity index (χ1) is 17.2. The van der Waals surface area contributed by atoms with Gasteiger partial charge in [0.05, 0.1) is 31.2 Å². The minimum atomic E-state index is -0.861. The van der Waals surface area contributed by atoms with E-state index in [9.17, 15) is 9.90 Å². The molecule has 0 aliphatic heterocycles. The first kappa shape index (κ1) is 26.6. The summed E-state index contributed by atoms with van der Waals surface area (Å²) in [7, 11) is 3.22. The lowest BCUT2D eigenvalue weighted by Gasteiger charge is -2.21. The molecule has 0 saturated carbocycles. The van der Waals surface area contributed by atoms with Crippen molar-refractivity contribution < 1.29 is 24.1 Å². The fraction of sp³-hybridized carbons (Fsp3) is 0.276. The zero-order valence-corrected chi connectivity index (χ0v) is 21.2. The van der Waals surface area contributed by atoms with Crippen LogP contribution in [-0.4, -0.2) is 30.8 Å². The second kappa shape index (κ2) is 12.1. The summed E-state index contributed by atoms with van der Waals surface area (Å²) in [5.41, 5.74) is 8.60. The highest BCUT2D eigenvalue weighted by atomic mass is 16.5. The lowest BCUT2D eigenvalue weighted by atomic mass is 9.96. The van der Waals surface area contributed by atoms with Gasteiger partial charge in [-0.2, -0.15) is 0 Å². The topological polar surface area (TPSA) is 103 Å². The number of nitrogens with one attached hydrogen (secondary N) is 1. The molecule has 0 radical (unpaired) electrons. The third kappa shape index (κ3) is 7.52. The third-order valence-corrected chi connectivity index (χ3v) is 5.63. The van der Waals surface area contributed by atoms with Crippen LogP contribution in [0.2, 0.25) is 0 Å². The quantitative estimate of drug-likeness (QED) is 0.252. The second-order valence-corrected chi connectivity index (χ2v) is 9.02. The summed E-state index contributed by atoms with van der Waals surface area (Å²) >= 11 is 0. The number of hydrogen-bond donors (Lipinski definition) is 3. The zero-order chi connectivity index (χ0) is 26.1. The monoisotopic (exact) mass is 490 g/mol. The fourth-order valence-corrected chi connectivity index (χ4v) is 3.62. The maximum atomic E-state index is 12.6. The molecule has 0 aromatic heterocycles. The van der Waals surface area contributed by atoms with Crippen molar-refractivity contribution in [3.05, 3.63) is 83.4 Å². The molecule has 0 bridgehead atoms. The number of aliphatic hydroxyl groups is 1. The van der Waals surface area contributed by atoms with Crippen LogP contribution in [0.4, 0.5) is 11.4 Å². The predicted octanol–water partition coefficient (Wildman–Crippen LogP) is 5.22. The summed E-state index contributed by atoms with van der Waals surface area (Å²) in [6.07, 6.45) is 4.17. The van der Waals surface area contributed by atoms with Crippen LogP contribution in [0, 0.1) is 0 Å². The summed E-state index contributed by atoms with van der Waals surface area (Å²) in [6, 6.07) is 18.4. The molecule has 7 heteroatoms. The summed E-state index contributed by atoms with van der Waals surface area (Å²) in [4.78, 5) is 12.6. The van der Waals surface area contributed by atoms with Crippen LogP contribution in [0.1, 0.15) is 37.0 Å². The molecule has 0 unspecified atom stereocenters. The number of carbonyl (C=O) groups is 1. The van der Waals surface area contributed by atoms with Gasteiger partial charge in [0.1, 0.15) is 23.9 Å². The molecule has 0 aliphatic carbocycles. The van der Waals surface area contributed by atoms with Crippen molar-refractivity contribution in [2.24, 2.45) is 0 Å². The molecule has 0 aliphatic rings. The van der Waals surface area contributed by atoms with E-state index < -0.39 is 5.60 Å². The highest BCUT2D eigenvalue weighted by molar-refractivity contribution is 6.03. The number of benzene rings is 3. The van der Waals surface area contributed by atoms with E-state index in [1.165, 1.54) is 6.08 Å². The number of nitrogens with two attached hydrogens (primary N) is 1. The van der Waals surface area contributed by atoms with E-state index in [1.807, 2.05) is 36.4 Å². The molecule has 4 N–H and O–H groups in total. The van der Waals surface area contributed by atoms with Crippen LogP contribution >= 0.6 is 0 Å². The van der Waals surface area contributed by atoms with Gasteiger partial charge in [-0.3, -0.25) is 4.79 Å². The lowest BCUT2D eigenvalue weighted by Crippen LogP contribution is -2.19. The Balaban J connectivity index is 1.91. The molecular weight excluding hydrogens is 456 g/mol. The summed E-state index contributed by atoms with van der Waals surface area (Å²) in [5, 5.41) is 13.1. The maximum absolute atomic E-state index is 12.6. The molecule has 0 spiro atoms. The van der Waals surface area contributed by atoms with Crippen LogP contribution < -0.4 is 25.3 Å². The average molecular weight is 491 g/mol. The van der Waals surface area contributed by atoms with Gasteiger partial charge in [0.25, 0.3) is 0 Å². The fourth-order valence-electron chi connectivity index (χ4n) is 3.62. The van der Waals surface area contributed by atoms with Crippen molar-refractivity contribution in [2.45, 2.75) is 38.9 Å². The van der Waals surface area contributed by atoms with E-state index in [4.69, 9.17) is 19.9 Å². The standard InChI is InChI=1S/C29H34N2O5/c1-29(2,33)18-17-23-26(35-4)15-11-21(12-16-27(32)31-25-8-6-5-7-24(25)30)28(23)36-19-20-9-13-22(34-3)14-10-20/h5-16,33H,17-19,30H2,1-4H3,(H,31,32). The molecule has 0 heterocycles. The SMILES string of the molecule is COc1ccc(COc2c(C=CC(=O)Nc3ccccc3N)ccc(OC)c2CCC(C)(C)O)cc1. The highest BCUT2D eigenvalue weighted by Gasteiger charge is 2.19. The molecule has 3 rings (SSSR count). The largest absolute Gasteiger partial charge is 0.497 e. The van der Waals surface area contributed by atoms with Crippen molar-refractivity contribution in [1.82, 2.24) is 0 Å². The summed E-state index contributed by atoms with van der Waals surface area (Å²) in [5.74, 6) is 1.70. The van der Waals surface area contributed by atoms with Gasteiger partial charge < -0.3 is 30.4 Å². The molecule has 0 fully saturated rings. The van der Waals surface area contributed by atoms with E-state index >= 15 is 0 Å². The van der Waals surface area contributed by atoms with Gasteiger partial charge in [0, 0.05) is 17.2 Å². The molecule has 7 nitrogen and oxygen atoms in total. The molecule has 3 aromatic rings. The van der Waals surface area contributed by atoms with Gasteiger partial charge in [-0.05, 0) is 74.7 Å². The Hall–Kier alpha value is -3.97. The van der Waals surface area contributed by atoms with Crippen molar-refractivity contribution in [1.29, 1.82) is 0 Å². The molecule has 190 valence electrons. The molecule has 1 amide bonds. The summed E-state index contributed by atoms with van der Waals surface area (Å²) < 4.78 is 17.1. The van der Waals surface area contributed by atoms with Gasteiger partial charge in [0.2, 0.25) is 5.91 Å². The van der Waals surface area contributed by atoms with E-state index in [0.717, 1.165) is 16.9 Å². The predicted molar refractivity (Wildman–Crippen MR) is 143 cm³/mol. The number of carbonyl (C=O) groups excluding carboxylic acids is 1. The second-order valence-electron chi connectivity index (χ2n) is 9.02.